The quantitative estimate of drug-likeness (QED) is 0.634. The van der Waals surface area contributed by atoms with Crippen molar-refractivity contribution >= 4 is 5.78 Å². The summed E-state index contributed by atoms with van der Waals surface area (Å²) in [6.07, 6.45) is 8.42. The predicted octanol–water partition coefficient (Wildman–Crippen LogP) is 5.60. The van der Waals surface area contributed by atoms with E-state index in [9.17, 15) is 9.18 Å². The van der Waals surface area contributed by atoms with Gasteiger partial charge in [-0.3, -0.25) is 4.79 Å². The Morgan fingerprint density at radius 2 is 1.87 bits per heavy atom. The van der Waals surface area contributed by atoms with Gasteiger partial charge in [0.05, 0.1) is 6.10 Å². The first kappa shape index (κ1) is 20.1. The number of hydrogen-bond acceptors (Lipinski definition) is 3. The van der Waals surface area contributed by atoms with Crippen LogP contribution in [0.25, 0.3) is 0 Å². The number of allylic oxidation sites excluding steroid dienone is 2. The molecule has 1 aromatic carbocycles. The number of ketones is 1. The molecule has 0 N–H and O–H groups in total. The lowest BCUT2D eigenvalue weighted by atomic mass is 9.49. The van der Waals surface area contributed by atoms with Crippen LogP contribution in [0.15, 0.2) is 36.0 Å². The fourth-order valence-corrected chi connectivity index (χ4v) is 7.66. The van der Waals surface area contributed by atoms with Gasteiger partial charge in [0.25, 0.3) is 0 Å². The standard InChI is InChI=1S/C26H34FNO2/c1-16-24-21(26(3)12-9-18(29)13-23(26)28(16)4)10-11-25(2)15-20(14-22(24)25)30-19-7-5-17(27)6-8-19/h5-8,13,16,20-22,24H,9-12,14-15H2,1-4H3/t16?,20?,21-,22+,24-,25-,26-/m1/s1. The monoisotopic (exact) mass is 411 g/mol. The van der Waals surface area contributed by atoms with Crippen molar-refractivity contribution in [1.82, 2.24) is 4.90 Å². The molecule has 3 aliphatic carbocycles. The molecule has 3 nitrogen and oxygen atoms in total. The van der Waals surface area contributed by atoms with E-state index in [0.717, 1.165) is 25.0 Å². The van der Waals surface area contributed by atoms with Crippen molar-refractivity contribution in [2.75, 3.05) is 7.05 Å². The van der Waals surface area contributed by atoms with Crippen LogP contribution < -0.4 is 4.74 Å². The van der Waals surface area contributed by atoms with Gasteiger partial charge in [0.2, 0.25) is 0 Å². The summed E-state index contributed by atoms with van der Waals surface area (Å²) in [6, 6.07) is 6.88. The number of fused-ring (bicyclic) bond motifs is 5. The van der Waals surface area contributed by atoms with Gasteiger partial charge in [0, 0.05) is 36.7 Å². The maximum absolute atomic E-state index is 13.3. The molecule has 3 fully saturated rings. The summed E-state index contributed by atoms with van der Waals surface area (Å²) in [6.45, 7) is 7.24. The van der Waals surface area contributed by atoms with E-state index < -0.39 is 0 Å². The van der Waals surface area contributed by atoms with Gasteiger partial charge in [-0.2, -0.15) is 0 Å². The highest BCUT2D eigenvalue weighted by molar-refractivity contribution is 5.91. The number of nitrogens with zero attached hydrogens (tertiary/aromatic N) is 1. The Labute approximate surface area is 179 Å². The number of carbonyl (C=O) groups is 1. The number of halogens is 1. The van der Waals surface area contributed by atoms with Crippen LogP contribution in [-0.4, -0.2) is 29.9 Å². The Kier molecular flexibility index (Phi) is 4.57. The van der Waals surface area contributed by atoms with E-state index in [0.29, 0.717) is 35.6 Å². The third kappa shape index (κ3) is 2.93. The van der Waals surface area contributed by atoms with Crippen LogP contribution in [0.4, 0.5) is 4.39 Å². The Morgan fingerprint density at radius 1 is 1.13 bits per heavy atom. The maximum atomic E-state index is 13.3. The van der Waals surface area contributed by atoms with E-state index in [-0.39, 0.29) is 23.1 Å². The molecule has 7 atom stereocenters. The zero-order valence-electron chi connectivity index (χ0n) is 18.7. The second-order valence-electron chi connectivity index (χ2n) is 10.9. The predicted molar refractivity (Wildman–Crippen MR) is 116 cm³/mol. The normalized spacial score (nSPS) is 42.8. The van der Waals surface area contributed by atoms with Crippen LogP contribution in [-0.2, 0) is 4.79 Å². The van der Waals surface area contributed by atoms with Crippen molar-refractivity contribution in [1.29, 1.82) is 0 Å². The highest BCUT2D eigenvalue weighted by Crippen LogP contribution is 2.65. The molecular weight excluding hydrogens is 377 g/mol. The maximum Gasteiger partial charge on any atom is 0.157 e. The topological polar surface area (TPSA) is 29.5 Å². The third-order valence-electron chi connectivity index (χ3n) is 9.32. The number of rotatable bonds is 2. The van der Waals surface area contributed by atoms with Crippen LogP contribution in [0.1, 0.15) is 59.3 Å². The molecule has 5 rings (SSSR count). The van der Waals surface area contributed by atoms with Crippen molar-refractivity contribution in [3.63, 3.8) is 0 Å². The van der Waals surface area contributed by atoms with Crippen LogP contribution in [0.3, 0.4) is 0 Å². The second-order valence-corrected chi connectivity index (χ2v) is 10.9. The lowest BCUT2D eigenvalue weighted by Gasteiger charge is -2.62. The van der Waals surface area contributed by atoms with E-state index in [4.69, 9.17) is 4.74 Å². The minimum absolute atomic E-state index is 0.108. The number of hydrogen-bond donors (Lipinski definition) is 0. The van der Waals surface area contributed by atoms with E-state index in [1.54, 1.807) is 12.1 Å². The van der Waals surface area contributed by atoms with Gasteiger partial charge in [-0.05, 0) is 86.5 Å². The van der Waals surface area contributed by atoms with Crippen LogP contribution in [0, 0.1) is 34.4 Å². The van der Waals surface area contributed by atoms with Crippen LogP contribution in [0.2, 0.25) is 0 Å². The number of carbonyl (C=O) groups excluding carboxylic acids is 1. The zero-order valence-corrected chi connectivity index (χ0v) is 18.7. The van der Waals surface area contributed by atoms with Crippen molar-refractivity contribution in [2.24, 2.45) is 28.6 Å². The molecule has 1 saturated heterocycles. The highest BCUT2D eigenvalue weighted by atomic mass is 19.1. The van der Waals surface area contributed by atoms with Gasteiger partial charge in [0.15, 0.2) is 5.78 Å². The number of likely N-dealkylation sites (tertiary alicyclic amines) is 1. The van der Waals surface area contributed by atoms with Gasteiger partial charge in [-0.15, -0.1) is 0 Å². The highest BCUT2D eigenvalue weighted by Gasteiger charge is 2.61. The summed E-state index contributed by atoms with van der Waals surface area (Å²) in [5.74, 6) is 2.71. The lowest BCUT2D eigenvalue weighted by Crippen LogP contribution is -2.60. The van der Waals surface area contributed by atoms with Crippen LogP contribution in [0.5, 0.6) is 5.75 Å². The fourth-order valence-electron chi connectivity index (χ4n) is 7.66. The summed E-state index contributed by atoms with van der Waals surface area (Å²) < 4.78 is 19.6. The first-order chi connectivity index (χ1) is 14.2. The molecule has 0 radical (unpaired) electrons. The first-order valence-corrected chi connectivity index (χ1v) is 11.6. The summed E-state index contributed by atoms with van der Waals surface area (Å²) in [4.78, 5) is 14.6. The molecule has 4 aliphatic rings. The summed E-state index contributed by atoms with van der Waals surface area (Å²) in [7, 11) is 2.19. The largest absolute Gasteiger partial charge is 0.490 e. The molecule has 1 heterocycles. The van der Waals surface area contributed by atoms with E-state index >= 15 is 0 Å². The van der Waals surface area contributed by atoms with Gasteiger partial charge < -0.3 is 9.64 Å². The van der Waals surface area contributed by atoms with Crippen LogP contribution >= 0.6 is 0 Å². The van der Waals surface area contributed by atoms with Gasteiger partial charge in [0.1, 0.15) is 11.6 Å². The smallest absolute Gasteiger partial charge is 0.157 e. The van der Waals surface area contributed by atoms with Crippen molar-refractivity contribution < 1.29 is 13.9 Å². The van der Waals surface area contributed by atoms with Crippen molar-refractivity contribution in [2.45, 2.75) is 71.4 Å². The van der Waals surface area contributed by atoms with Crippen molar-refractivity contribution in [3.05, 3.63) is 41.9 Å². The minimum Gasteiger partial charge on any atom is -0.490 e. The molecule has 2 unspecified atom stereocenters. The Bertz CT molecular complexity index is 880. The average molecular weight is 412 g/mol. The molecule has 0 amide bonds. The average Bonchev–Trinajstić information content (AvgIpc) is 3.05. The Morgan fingerprint density at radius 3 is 2.60 bits per heavy atom. The van der Waals surface area contributed by atoms with E-state index in [1.165, 1.54) is 30.7 Å². The third-order valence-corrected chi connectivity index (χ3v) is 9.32. The summed E-state index contributed by atoms with van der Waals surface area (Å²) >= 11 is 0. The fraction of sp³-hybridized carbons (Fsp3) is 0.654. The molecular formula is C26H34FNO2. The molecule has 1 aromatic rings. The molecule has 2 saturated carbocycles. The summed E-state index contributed by atoms with van der Waals surface area (Å²) in [5, 5.41) is 0. The summed E-state index contributed by atoms with van der Waals surface area (Å²) in [5.41, 5.74) is 1.67. The molecule has 0 aromatic heterocycles. The molecule has 4 heteroatoms. The molecule has 0 bridgehead atoms. The molecule has 30 heavy (non-hydrogen) atoms. The number of ether oxygens (including phenoxy) is 1. The number of piperidine rings is 1. The molecule has 0 spiro atoms. The SMILES string of the molecule is CC1[C@@H]2[C@@H](CC[C@]3(C)CC(Oc4ccc(F)cc4)C[C@@H]23)[C@@]2(C)CCC(=O)C=C2N1C. The van der Waals surface area contributed by atoms with E-state index in [2.05, 4.69) is 32.7 Å². The van der Waals surface area contributed by atoms with Gasteiger partial charge in [-0.25, -0.2) is 4.39 Å². The lowest BCUT2D eigenvalue weighted by molar-refractivity contribution is -0.121. The Balaban J connectivity index is 1.43. The van der Waals surface area contributed by atoms with Crippen molar-refractivity contribution in [3.8, 4) is 5.75 Å². The zero-order chi connectivity index (χ0) is 21.3. The number of benzene rings is 1. The first-order valence-electron chi connectivity index (χ1n) is 11.6. The minimum atomic E-state index is -0.223. The Hall–Kier alpha value is -1.84. The molecule has 162 valence electrons. The molecule has 1 aliphatic heterocycles. The second kappa shape index (κ2) is 6.83. The van der Waals surface area contributed by atoms with Gasteiger partial charge in [-0.1, -0.05) is 13.8 Å². The van der Waals surface area contributed by atoms with Gasteiger partial charge >= 0.3 is 0 Å². The van der Waals surface area contributed by atoms with E-state index in [1.807, 2.05) is 6.08 Å².